The van der Waals surface area contributed by atoms with Gasteiger partial charge in [0.15, 0.2) is 6.61 Å². The zero-order chi connectivity index (χ0) is 20.2. The smallest absolute Gasteiger partial charge is 0.276 e. The van der Waals surface area contributed by atoms with Crippen LogP contribution in [-0.4, -0.2) is 18.4 Å². The van der Waals surface area contributed by atoms with Gasteiger partial charge in [-0.1, -0.05) is 54.6 Å². The third-order valence-corrected chi connectivity index (χ3v) is 4.72. The number of carbonyl (C=O) groups excluding carboxylic acids is 2. The van der Waals surface area contributed by atoms with Gasteiger partial charge in [-0.05, 0) is 30.7 Å². The number of hydrogen-bond acceptors (Lipinski definition) is 4. The molecule has 2 amide bonds. The molecular formula is C23H20N2O4. The van der Waals surface area contributed by atoms with Crippen molar-refractivity contribution in [2.75, 3.05) is 6.61 Å². The summed E-state index contributed by atoms with van der Waals surface area (Å²) in [6, 6.07) is 22.2. The van der Waals surface area contributed by atoms with Crippen molar-refractivity contribution < 1.29 is 19.1 Å². The Labute approximate surface area is 168 Å². The Morgan fingerprint density at radius 3 is 2.10 bits per heavy atom. The quantitative estimate of drug-likeness (QED) is 0.671. The average Bonchev–Trinajstić information content (AvgIpc) is 2.75. The molecule has 6 heteroatoms. The number of benzene rings is 3. The molecule has 1 aliphatic rings. The molecule has 146 valence electrons. The molecule has 0 radical (unpaired) electrons. The van der Waals surface area contributed by atoms with Gasteiger partial charge in [0.25, 0.3) is 11.8 Å². The first-order valence-corrected chi connectivity index (χ1v) is 9.26. The predicted octanol–water partition coefficient (Wildman–Crippen LogP) is 3.46. The van der Waals surface area contributed by atoms with E-state index >= 15 is 0 Å². The summed E-state index contributed by atoms with van der Waals surface area (Å²) in [6.45, 7) is 1.70. The molecule has 0 saturated carbocycles. The maximum atomic E-state index is 12.9. The Morgan fingerprint density at radius 1 is 0.862 bits per heavy atom. The van der Waals surface area contributed by atoms with Gasteiger partial charge < -0.3 is 9.47 Å². The van der Waals surface area contributed by atoms with Gasteiger partial charge in [0.2, 0.25) is 0 Å². The van der Waals surface area contributed by atoms with Gasteiger partial charge in [-0.25, -0.2) is 0 Å². The number of ether oxygens (including phenoxy) is 2. The van der Waals surface area contributed by atoms with Gasteiger partial charge in [-0.2, -0.15) is 0 Å². The Morgan fingerprint density at radius 2 is 1.45 bits per heavy atom. The zero-order valence-electron chi connectivity index (χ0n) is 15.8. The van der Waals surface area contributed by atoms with Gasteiger partial charge in [0.1, 0.15) is 17.2 Å². The topological polar surface area (TPSA) is 76.7 Å². The lowest BCUT2D eigenvalue weighted by Crippen LogP contribution is -2.46. The first-order valence-electron chi connectivity index (χ1n) is 9.26. The predicted molar refractivity (Wildman–Crippen MR) is 108 cm³/mol. The molecule has 0 bridgehead atoms. The average molecular weight is 388 g/mol. The Kier molecular flexibility index (Phi) is 5.16. The molecule has 0 spiro atoms. The maximum Gasteiger partial charge on any atom is 0.276 e. The molecule has 29 heavy (non-hydrogen) atoms. The third-order valence-electron chi connectivity index (χ3n) is 4.72. The SMILES string of the molecule is Cc1ccccc1OCC(=O)NNC(=O)C1c2ccccc2Oc2ccccc21. The summed E-state index contributed by atoms with van der Waals surface area (Å²) in [5.74, 6) is 0.490. The van der Waals surface area contributed by atoms with E-state index in [1.165, 1.54) is 0 Å². The summed E-state index contributed by atoms with van der Waals surface area (Å²) in [5, 5.41) is 0. The molecule has 3 aromatic carbocycles. The number of amides is 2. The molecule has 0 aromatic heterocycles. The van der Waals surface area contributed by atoms with Crippen LogP contribution in [0.3, 0.4) is 0 Å². The van der Waals surface area contributed by atoms with Crippen LogP contribution in [0.2, 0.25) is 0 Å². The second-order valence-electron chi connectivity index (χ2n) is 6.70. The highest BCUT2D eigenvalue weighted by molar-refractivity contribution is 5.91. The summed E-state index contributed by atoms with van der Waals surface area (Å²) in [6.07, 6.45) is 0. The Bertz CT molecular complexity index is 1020. The molecule has 6 nitrogen and oxygen atoms in total. The van der Waals surface area contributed by atoms with Crippen molar-refractivity contribution in [1.29, 1.82) is 0 Å². The van der Waals surface area contributed by atoms with E-state index in [2.05, 4.69) is 10.9 Å². The van der Waals surface area contributed by atoms with Crippen molar-refractivity contribution in [3.8, 4) is 17.2 Å². The Hall–Kier alpha value is -3.80. The molecule has 0 unspecified atom stereocenters. The van der Waals surface area contributed by atoms with Crippen LogP contribution in [0.15, 0.2) is 72.8 Å². The van der Waals surface area contributed by atoms with E-state index in [1.807, 2.05) is 73.7 Å². The highest BCUT2D eigenvalue weighted by atomic mass is 16.5. The lowest BCUT2D eigenvalue weighted by atomic mass is 9.87. The summed E-state index contributed by atoms with van der Waals surface area (Å²) in [7, 11) is 0. The standard InChI is InChI=1S/C23H20N2O4/c1-15-8-2-5-11-18(15)28-14-21(26)24-25-23(27)22-16-9-3-6-12-19(16)29-20-13-7-4-10-17(20)22/h2-13,22H,14H2,1H3,(H,24,26)(H,25,27). The molecule has 2 N–H and O–H groups in total. The largest absolute Gasteiger partial charge is 0.483 e. The minimum atomic E-state index is -0.589. The maximum absolute atomic E-state index is 12.9. The van der Waals surface area contributed by atoms with Crippen LogP contribution in [-0.2, 0) is 9.59 Å². The van der Waals surface area contributed by atoms with Gasteiger partial charge in [-0.15, -0.1) is 0 Å². The van der Waals surface area contributed by atoms with Crippen LogP contribution in [0.1, 0.15) is 22.6 Å². The summed E-state index contributed by atoms with van der Waals surface area (Å²) in [4.78, 5) is 25.1. The first kappa shape index (κ1) is 18.6. The second-order valence-corrected chi connectivity index (χ2v) is 6.70. The van der Waals surface area contributed by atoms with Gasteiger partial charge in [0, 0.05) is 11.1 Å². The molecular weight excluding hydrogens is 368 g/mol. The fourth-order valence-corrected chi connectivity index (χ4v) is 3.29. The van der Waals surface area contributed by atoms with Crippen LogP contribution in [0.5, 0.6) is 17.2 Å². The van der Waals surface area contributed by atoms with Gasteiger partial charge in [-0.3, -0.25) is 20.4 Å². The van der Waals surface area contributed by atoms with Crippen LogP contribution in [0, 0.1) is 6.92 Å². The fraction of sp³-hybridized carbons (Fsp3) is 0.130. The normalized spacial score (nSPS) is 12.2. The number of hydrogen-bond donors (Lipinski definition) is 2. The van der Waals surface area contributed by atoms with E-state index in [9.17, 15) is 9.59 Å². The van der Waals surface area contributed by atoms with Crippen molar-refractivity contribution in [1.82, 2.24) is 10.9 Å². The van der Waals surface area contributed by atoms with E-state index in [-0.39, 0.29) is 12.5 Å². The number of fused-ring (bicyclic) bond motifs is 2. The van der Waals surface area contributed by atoms with Gasteiger partial charge in [0.05, 0.1) is 5.92 Å². The summed E-state index contributed by atoms with van der Waals surface area (Å²) >= 11 is 0. The van der Waals surface area contributed by atoms with Gasteiger partial charge >= 0.3 is 0 Å². The van der Waals surface area contributed by atoms with Crippen LogP contribution in [0.25, 0.3) is 0 Å². The molecule has 0 aliphatic carbocycles. The minimum absolute atomic E-state index is 0.202. The number of nitrogens with one attached hydrogen (secondary N) is 2. The van der Waals surface area contributed by atoms with Crippen molar-refractivity contribution in [3.63, 3.8) is 0 Å². The van der Waals surface area contributed by atoms with E-state index in [4.69, 9.17) is 9.47 Å². The van der Waals surface area contributed by atoms with Crippen molar-refractivity contribution in [3.05, 3.63) is 89.5 Å². The van der Waals surface area contributed by atoms with Crippen LogP contribution >= 0.6 is 0 Å². The molecule has 1 aliphatic heterocycles. The fourth-order valence-electron chi connectivity index (χ4n) is 3.29. The molecule has 0 saturated heterocycles. The van der Waals surface area contributed by atoms with Crippen LogP contribution in [0.4, 0.5) is 0 Å². The minimum Gasteiger partial charge on any atom is -0.483 e. The molecule has 0 atom stereocenters. The second kappa shape index (κ2) is 8.06. The van der Waals surface area contributed by atoms with Crippen molar-refractivity contribution in [2.45, 2.75) is 12.8 Å². The molecule has 4 rings (SSSR count). The number of rotatable bonds is 4. The molecule has 0 fully saturated rings. The lowest BCUT2D eigenvalue weighted by Gasteiger charge is -2.27. The number of hydrazine groups is 1. The highest BCUT2D eigenvalue weighted by Crippen LogP contribution is 2.43. The monoisotopic (exact) mass is 388 g/mol. The van der Waals surface area contributed by atoms with E-state index < -0.39 is 11.8 Å². The van der Waals surface area contributed by atoms with E-state index in [1.54, 1.807) is 6.07 Å². The van der Waals surface area contributed by atoms with Crippen LogP contribution < -0.4 is 20.3 Å². The number of para-hydroxylation sites is 3. The highest BCUT2D eigenvalue weighted by Gasteiger charge is 2.32. The van der Waals surface area contributed by atoms with E-state index in [0.717, 1.165) is 16.7 Å². The molecule has 1 heterocycles. The number of aryl methyl sites for hydroxylation is 1. The van der Waals surface area contributed by atoms with E-state index in [0.29, 0.717) is 17.2 Å². The summed E-state index contributed by atoms with van der Waals surface area (Å²) < 4.78 is 11.4. The lowest BCUT2D eigenvalue weighted by molar-refractivity contribution is -0.130. The zero-order valence-corrected chi connectivity index (χ0v) is 15.8. The third kappa shape index (κ3) is 3.91. The Balaban J connectivity index is 1.44. The van der Waals surface area contributed by atoms with Crippen molar-refractivity contribution >= 4 is 11.8 Å². The number of carbonyl (C=O) groups is 2. The molecule has 3 aromatic rings. The first-order chi connectivity index (χ1) is 14.1. The van der Waals surface area contributed by atoms with Crippen molar-refractivity contribution in [2.24, 2.45) is 0 Å². The summed E-state index contributed by atoms with van der Waals surface area (Å²) in [5.41, 5.74) is 7.36.